The van der Waals surface area contributed by atoms with Gasteiger partial charge in [0.1, 0.15) is 11.6 Å². The number of hydrogen-bond donors (Lipinski definition) is 1. The zero-order chi connectivity index (χ0) is 14.4. The zero-order valence-electron chi connectivity index (χ0n) is 11.6. The van der Waals surface area contributed by atoms with Gasteiger partial charge in [-0.1, -0.05) is 26.7 Å². The molecule has 0 radical (unpaired) electrons. The second-order valence-corrected chi connectivity index (χ2v) is 4.80. The molecule has 1 aromatic rings. The zero-order valence-corrected chi connectivity index (χ0v) is 11.6. The smallest absolute Gasteiger partial charge is 0.341 e. The van der Waals surface area contributed by atoms with E-state index in [2.05, 4.69) is 13.8 Å². The molecule has 19 heavy (non-hydrogen) atoms. The van der Waals surface area contributed by atoms with Crippen LogP contribution in [0.4, 0.5) is 4.39 Å². The lowest BCUT2D eigenvalue weighted by atomic mass is 9.97. The monoisotopic (exact) mass is 268 g/mol. The van der Waals surface area contributed by atoms with Crippen molar-refractivity contribution in [3.05, 3.63) is 29.6 Å². The number of carbonyl (C=O) groups excluding carboxylic acids is 1. The van der Waals surface area contributed by atoms with Gasteiger partial charge in [0, 0.05) is 6.07 Å². The van der Waals surface area contributed by atoms with Crippen LogP contribution in [0.15, 0.2) is 18.2 Å². The summed E-state index contributed by atoms with van der Waals surface area (Å²) in [7, 11) is 0. The van der Waals surface area contributed by atoms with Gasteiger partial charge in [-0.3, -0.25) is 0 Å². The van der Waals surface area contributed by atoms with Crippen molar-refractivity contribution in [1.29, 1.82) is 0 Å². The second kappa shape index (κ2) is 7.12. The van der Waals surface area contributed by atoms with E-state index >= 15 is 0 Å². The Morgan fingerprint density at radius 2 is 2.00 bits per heavy atom. The third-order valence-electron chi connectivity index (χ3n) is 3.30. The maximum Gasteiger partial charge on any atom is 0.341 e. The average Bonchev–Trinajstić information content (AvgIpc) is 2.35. The number of phenolic OH excluding ortho intramolecular Hbond substituents is 1. The van der Waals surface area contributed by atoms with E-state index in [0.29, 0.717) is 5.92 Å². The molecule has 0 aliphatic carbocycles. The number of rotatable bonds is 6. The van der Waals surface area contributed by atoms with Gasteiger partial charge in [0.25, 0.3) is 0 Å². The number of phenols is 1. The molecule has 0 unspecified atom stereocenters. The molecule has 1 rings (SSSR count). The Bertz CT molecular complexity index is 427. The topological polar surface area (TPSA) is 46.5 Å². The van der Waals surface area contributed by atoms with E-state index in [1.54, 1.807) is 0 Å². The summed E-state index contributed by atoms with van der Waals surface area (Å²) >= 11 is 0. The minimum absolute atomic E-state index is 0.144. The summed E-state index contributed by atoms with van der Waals surface area (Å²) in [6.07, 6.45) is 2.60. The highest BCUT2D eigenvalue weighted by atomic mass is 19.1. The molecule has 0 heterocycles. The van der Waals surface area contributed by atoms with Gasteiger partial charge >= 0.3 is 5.97 Å². The Morgan fingerprint density at radius 3 is 2.53 bits per heavy atom. The third-order valence-corrected chi connectivity index (χ3v) is 3.30. The Kier molecular flexibility index (Phi) is 5.80. The molecule has 1 aromatic carbocycles. The predicted molar refractivity (Wildman–Crippen MR) is 71.6 cm³/mol. The lowest BCUT2D eigenvalue weighted by molar-refractivity contribution is 0.0280. The maximum atomic E-state index is 13.5. The van der Waals surface area contributed by atoms with Crippen molar-refractivity contribution in [1.82, 2.24) is 0 Å². The third kappa shape index (κ3) is 4.54. The van der Waals surface area contributed by atoms with Gasteiger partial charge in [-0.05, 0) is 31.4 Å². The Balaban J connectivity index is 2.63. The van der Waals surface area contributed by atoms with E-state index < -0.39 is 11.8 Å². The fraction of sp³-hybridized carbons (Fsp3) is 0.533. The van der Waals surface area contributed by atoms with Crippen LogP contribution >= 0.6 is 0 Å². The molecule has 0 aliphatic heterocycles. The fourth-order valence-electron chi connectivity index (χ4n) is 2.06. The van der Waals surface area contributed by atoms with E-state index in [1.165, 1.54) is 12.1 Å². The largest absolute Gasteiger partial charge is 0.508 e. The molecule has 0 fully saturated rings. The molecule has 0 aliphatic rings. The molecular formula is C15H21FO3. The fourth-order valence-corrected chi connectivity index (χ4v) is 2.06. The standard InChI is InChI=1S/C15H21FO3/c1-4-11(5-2)8-10(3)19-15(18)13-7-6-12(17)9-14(13)16/h6-7,9-11,17H,4-5,8H2,1-3H3/t10-/m1/s1. The second-order valence-electron chi connectivity index (χ2n) is 4.80. The lowest BCUT2D eigenvalue weighted by Crippen LogP contribution is -2.19. The van der Waals surface area contributed by atoms with E-state index in [0.717, 1.165) is 25.3 Å². The summed E-state index contributed by atoms with van der Waals surface area (Å²) < 4.78 is 18.7. The van der Waals surface area contributed by atoms with Gasteiger partial charge in [0.2, 0.25) is 0 Å². The number of esters is 1. The first-order chi connectivity index (χ1) is 8.97. The summed E-state index contributed by atoms with van der Waals surface area (Å²) in [5.41, 5.74) is -0.144. The molecule has 0 aromatic heterocycles. The van der Waals surface area contributed by atoms with Crippen LogP contribution in [0.25, 0.3) is 0 Å². The summed E-state index contributed by atoms with van der Waals surface area (Å²) in [5, 5.41) is 9.09. The molecule has 3 nitrogen and oxygen atoms in total. The lowest BCUT2D eigenvalue weighted by Gasteiger charge is -2.18. The van der Waals surface area contributed by atoms with Crippen LogP contribution in [0, 0.1) is 11.7 Å². The Hall–Kier alpha value is -1.58. The van der Waals surface area contributed by atoms with Gasteiger partial charge in [0.05, 0.1) is 11.7 Å². The first-order valence-corrected chi connectivity index (χ1v) is 6.67. The van der Waals surface area contributed by atoms with Gasteiger partial charge in [-0.25, -0.2) is 9.18 Å². The van der Waals surface area contributed by atoms with Crippen LogP contribution in [0.1, 0.15) is 50.4 Å². The number of carbonyl (C=O) groups is 1. The van der Waals surface area contributed by atoms with Crippen molar-refractivity contribution in [3.8, 4) is 5.75 Å². The summed E-state index contributed by atoms with van der Waals surface area (Å²) in [5.74, 6) is -1.15. The molecule has 106 valence electrons. The molecule has 0 bridgehead atoms. The van der Waals surface area contributed by atoms with Crippen LogP contribution < -0.4 is 0 Å². The first kappa shape index (κ1) is 15.5. The van der Waals surface area contributed by atoms with E-state index in [-0.39, 0.29) is 17.4 Å². The number of halogens is 1. The summed E-state index contributed by atoms with van der Waals surface area (Å²) in [6.45, 7) is 6.01. The van der Waals surface area contributed by atoms with Gasteiger partial charge in [-0.2, -0.15) is 0 Å². The number of hydrogen-bond acceptors (Lipinski definition) is 3. The minimum Gasteiger partial charge on any atom is -0.508 e. The molecule has 0 saturated carbocycles. The van der Waals surface area contributed by atoms with Crippen LogP contribution in [-0.2, 0) is 4.74 Å². The van der Waals surface area contributed by atoms with Crippen molar-refractivity contribution < 1.29 is 19.0 Å². The molecule has 0 saturated heterocycles. The van der Waals surface area contributed by atoms with Gasteiger partial charge in [0.15, 0.2) is 0 Å². The minimum atomic E-state index is -0.764. The van der Waals surface area contributed by atoms with Crippen LogP contribution in [-0.4, -0.2) is 17.2 Å². The van der Waals surface area contributed by atoms with Crippen molar-refractivity contribution in [2.24, 2.45) is 5.92 Å². The number of benzene rings is 1. The van der Waals surface area contributed by atoms with Crippen molar-refractivity contribution in [3.63, 3.8) is 0 Å². The van der Waals surface area contributed by atoms with Crippen LogP contribution in [0.5, 0.6) is 5.75 Å². The van der Waals surface area contributed by atoms with Gasteiger partial charge in [-0.15, -0.1) is 0 Å². The highest BCUT2D eigenvalue weighted by molar-refractivity contribution is 5.89. The van der Waals surface area contributed by atoms with Crippen LogP contribution in [0.2, 0.25) is 0 Å². The van der Waals surface area contributed by atoms with Crippen LogP contribution in [0.3, 0.4) is 0 Å². The van der Waals surface area contributed by atoms with Crippen molar-refractivity contribution >= 4 is 5.97 Å². The molecule has 4 heteroatoms. The Morgan fingerprint density at radius 1 is 1.37 bits per heavy atom. The van der Waals surface area contributed by atoms with Crippen molar-refractivity contribution in [2.45, 2.75) is 46.1 Å². The summed E-state index contributed by atoms with van der Waals surface area (Å²) in [6, 6.07) is 3.41. The first-order valence-electron chi connectivity index (χ1n) is 6.67. The highest BCUT2D eigenvalue weighted by Crippen LogP contribution is 2.20. The van der Waals surface area contributed by atoms with E-state index in [4.69, 9.17) is 9.84 Å². The average molecular weight is 268 g/mol. The van der Waals surface area contributed by atoms with Gasteiger partial charge < -0.3 is 9.84 Å². The normalized spacial score (nSPS) is 12.5. The molecule has 1 atom stereocenters. The quantitative estimate of drug-likeness (QED) is 0.796. The molecular weight excluding hydrogens is 247 g/mol. The SMILES string of the molecule is CCC(CC)C[C@@H](C)OC(=O)c1ccc(O)cc1F. The maximum absolute atomic E-state index is 13.5. The number of aromatic hydroxyl groups is 1. The number of ether oxygens (including phenoxy) is 1. The van der Waals surface area contributed by atoms with Crippen molar-refractivity contribution in [2.75, 3.05) is 0 Å². The van der Waals surface area contributed by atoms with E-state index in [1.807, 2.05) is 6.92 Å². The Labute approximate surface area is 113 Å². The molecule has 1 N–H and O–H groups in total. The summed E-state index contributed by atoms with van der Waals surface area (Å²) in [4.78, 5) is 11.8. The van der Waals surface area contributed by atoms with E-state index in [9.17, 15) is 9.18 Å². The predicted octanol–water partition coefficient (Wildman–Crippen LogP) is 3.90. The molecule has 0 amide bonds. The highest BCUT2D eigenvalue weighted by Gasteiger charge is 2.18. The molecule has 0 spiro atoms.